The van der Waals surface area contributed by atoms with Crippen LogP contribution in [0, 0.1) is 13.8 Å². The zero-order chi connectivity index (χ0) is 26.7. The van der Waals surface area contributed by atoms with Gasteiger partial charge in [0.1, 0.15) is 23.9 Å². The number of halogens is 2. The van der Waals surface area contributed by atoms with Gasteiger partial charge in [-0.25, -0.2) is 9.59 Å². The zero-order valence-corrected chi connectivity index (χ0v) is 22.3. The van der Waals surface area contributed by atoms with Gasteiger partial charge >= 0.3 is 11.7 Å². The molecule has 9 nitrogen and oxygen atoms in total. The van der Waals surface area contributed by atoms with Crippen molar-refractivity contribution in [3.05, 3.63) is 107 Å². The first-order valence-electron chi connectivity index (χ1n) is 10.9. The number of rotatable bonds is 7. The van der Waals surface area contributed by atoms with E-state index in [2.05, 4.69) is 26.0 Å². The Morgan fingerprint density at radius 3 is 2.43 bits per heavy atom. The van der Waals surface area contributed by atoms with Gasteiger partial charge in [0, 0.05) is 10.6 Å². The average molecular weight is 587 g/mol. The van der Waals surface area contributed by atoms with Crippen LogP contribution in [0.1, 0.15) is 27.2 Å². The molecule has 11 heteroatoms. The molecule has 1 N–H and O–H groups in total. The first kappa shape index (κ1) is 26.2. The Bertz CT molecular complexity index is 1590. The summed E-state index contributed by atoms with van der Waals surface area (Å²) in [4.78, 5) is 39.6. The van der Waals surface area contributed by atoms with Crippen LogP contribution in [0.15, 0.2) is 68.7 Å². The molecule has 0 radical (unpaired) electrons. The van der Waals surface area contributed by atoms with Crippen LogP contribution < -0.4 is 20.7 Å². The quantitative estimate of drug-likeness (QED) is 0.300. The summed E-state index contributed by atoms with van der Waals surface area (Å²) in [6, 6.07) is 15.5. The maximum atomic E-state index is 12.6. The molecule has 3 aromatic carbocycles. The zero-order valence-electron chi connectivity index (χ0n) is 20.0. The number of carbonyl (C=O) groups excluding carboxylic acids is 1. The summed E-state index contributed by atoms with van der Waals surface area (Å²) in [5.41, 5.74) is -0.0319. The minimum atomic E-state index is -0.992. The molecule has 4 aromatic rings. The van der Waals surface area contributed by atoms with Gasteiger partial charge in [0.15, 0.2) is 0 Å². The van der Waals surface area contributed by atoms with Gasteiger partial charge in [-0.3, -0.25) is 9.78 Å². The van der Waals surface area contributed by atoms with E-state index in [9.17, 15) is 14.4 Å². The molecule has 4 rings (SSSR count). The number of carbonyl (C=O) groups is 1. The van der Waals surface area contributed by atoms with Crippen molar-refractivity contribution in [1.29, 1.82) is 0 Å². The van der Waals surface area contributed by atoms with E-state index in [1.807, 2.05) is 0 Å². The Labute approximate surface area is 224 Å². The summed E-state index contributed by atoms with van der Waals surface area (Å²) in [6.07, 6.45) is 0. The van der Waals surface area contributed by atoms with Crippen LogP contribution in [0.2, 0.25) is 5.02 Å². The van der Waals surface area contributed by atoms with Crippen molar-refractivity contribution in [3.8, 4) is 22.9 Å². The molecule has 0 aliphatic carbocycles. The summed E-state index contributed by atoms with van der Waals surface area (Å²) >= 11 is 9.52. The third-order valence-electron chi connectivity index (χ3n) is 5.37. The lowest BCUT2D eigenvalue weighted by molar-refractivity contribution is 0.0460. The van der Waals surface area contributed by atoms with E-state index < -0.39 is 22.9 Å². The van der Waals surface area contributed by atoms with Crippen LogP contribution in [-0.4, -0.2) is 27.8 Å². The summed E-state index contributed by atoms with van der Waals surface area (Å²) in [5, 5.41) is 4.41. The highest BCUT2D eigenvalue weighted by Gasteiger charge is 2.19. The maximum absolute atomic E-state index is 12.6. The number of aromatic nitrogens is 3. The highest BCUT2D eigenvalue weighted by molar-refractivity contribution is 9.10. The lowest BCUT2D eigenvalue weighted by Gasteiger charge is -2.15. The predicted molar refractivity (Wildman–Crippen MR) is 141 cm³/mol. The van der Waals surface area contributed by atoms with E-state index in [1.165, 1.54) is 0 Å². The van der Waals surface area contributed by atoms with E-state index >= 15 is 0 Å². The number of methoxy groups -OCH3 is 1. The van der Waals surface area contributed by atoms with Crippen LogP contribution in [0.25, 0.3) is 5.69 Å². The van der Waals surface area contributed by atoms with Gasteiger partial charge in [-0.2, -0.15) is 9.78 Å². The number of hydrogen-bond donors (Lipinski definition) is 1. The number of nitrogens with zero attached hydrogens (tertiary/aromatic N) is 2. The van der Waals surface area contributed by atoms with Crippen molar-refractivity contribution in [3.63, 3.8) is 0 Å². The second-order valence-electron chi connectivity index (χ2n) is 7.99. The summed E-state index contributed by atoms with van der Waals surface area (Å²) < 4.78 is 18.2. The number of esters is 1. The summed E-state index contributed by atoms with van der Waals surface area (Å²) in [5.74, 6) is 0.835. The number of nitrogens with one attached hydrogen (secondary N) is 1. The van der Waals surface area contributed by atoms with Crippen LogP contribution in [0.3, 0.4) is 0 Å². The molecule has 0 atom stereocenters. The number of benzene rings is 3. The monoisotopic (exact) mass is 585 g/mol. The normalized spacial score (nSPS) is 10.7. The van der Waals surface area contributed by atoms with E-state index in [4.69, 9.17) is 25.8 Å². The molecule has 0 aliphatic rings. The highest BCUT2D eigenvalue weighted by Crippen LogP contribution is 2.34. The largest absolute Gasteiger partial charge is 0.496 e. The molecule has 0 spiro atoms. The molecule has 1 heterocycles. The Kier molecular flexibility index (Phi) is 7.80. The molecule has 0 saturated carbocycles. The molecule has 0 saturated heterocycles. The molecule has 0 unspecified atom stereocenters. The molecule has 1 aromatic heterocycles. The first-order valence-corrected chi connectivity index (χ1v) is 12.1. The minimum absolute atomic E-state index is 0.162. The number of ether oxygens (including phenoxy) is 3. The van der Waals surface area contributed by atoms with Crippen molar-refractivity contribution in [2.45, 2.75) is 20.5 Å². The molecule has 190 valence electrons. The highest BCUT2D eigenvalue weighted by atomic mass is 79.9. The Hall–Kier alpha value is -3.89. The van der Waals surface area contributed by atoms with Gasteiger partial charge in [-0.15, -0.1) is 0 Å². The second-order valence-corrected chi connectivity index (χ2v) is 9.26. The standard InChI is InChI=1S/C26H21BrClN3O6/c1-14-10-17(11-15(2)23(14)37-18-8-9-21(35-3)19(27)12-18)31-26(34)29-24(32)22(30-31)25(33)36-13-16-6-4-5-7-20(16)28/h4-12H,13H2,1-3H3,(H,29,32,34). The fraction of sp³-hybridized carbons (Fsp3) is 0.154. The molecule has 0 fully saturated rings. The van der Waals surface area contributed by atoms with Crippen LogP contribution in [-0.2, 0) is 11.3 Å². The molecule has 0 bridgehead atoms. The Morgan fingerprint density at radius 2 is 1.78 bits per heavy atom. The number of aromatic amines is 1. The Balaban J connectivity index is 1.63. The average Bonchev–Trinajstić information content (AvgIpc) is 2.85. The van der Waals surface area contributed by atoms with Gasteiger partial charge in [-0.05, 0) is 77.3 Å². The van der Waals surface area contributed by atoms with Gasteiger partial charge in [0.25, 0.3) is 5.56 Å². The van der Waals surface area contributed by atoms with Crippen molar-refractivity contribution >= 4 is 33.5 Å². The van der Waals surface area contributed by atoms with Crippen molar-refractivity contribution < 1.29 is 19.0 Å². The molecular weight excluding hydrogens is 566 g/mol. The number of hydrogen-bond acceptors (Lipinski definition) is 7. The summed E-state index contributed by atoms with van der Waals surface area (Å²) in [6.45, 7) is 3.45. The van der Waals surface area contributed by atoms with Crippen LogP contribution >= 0.6 is 27.5 Å². The second kappa shape index (κ2) is 11.0. The maximum Gasteiger partial charge on any atom is 0.364 e. The van der Waals surface area contributed by atoms with Crippen molar-refractivity contribution in [1.82, 2.24) is 14.8 Å². The topological polar surface area (TPSA) is 113 Å². The van der Waals surface area contributed by atoms with Crippen LogP contribution in [0.4, 0.5) is 0 Å². The lowest BCUT2D eigenvalue weighted by Crippen LogP contribution is -2.36. The van der Waals surface area contributed by atoms with Crippen molar-refractivity contribution in [2.24, 2.45) is 0 Å². The SMILES string of the molecule is COc1ccc(Oc2c(C)cc(-n3nc(C(=O)OCc4ccccc4Cl)c(=O)[nH]c3=O)cc2C)cc1Br. The smallest absolute Gasteiger partial charge is 0.364 e. The van der Waals surface area contributed by atoms with Gasteiger partial charge in [0.2, 0.25) is 5.69 Å². The predicted octanol–water partition coefficient (Wildman–Crippen LogP) is 5.11. The van der Waals surface area contributed by atoms with Crippen molar-refractivity contribution in [2.75, 3.05) is 7.11 Å². The van der Waals surface area contributed by atoms with E-state index in [0.717, 1.165) is 9.15 Å². The fourth-order valence-electron chi connectivity index (χ4n) is 3.57. The van der Waals surface area contributed by atoms with E-state index in [-0.39, 0.29) is 6.61 Å². The molecular formula is C26H21BrClN3O6. The van der Waals surface area contributed by atoms with E-state index in [0.29, 0.717) is 44.6 Å². The number of aryl methyl sites for hydroxylation is 2. The fourth-order valence-corrected chi connectivity index (χ4v) is 4.28. The number of H-pyrrole nitrogens is 1. The lowest BCUT2D eigenvalue weighted by atomic mass is 10.1. The third kappa shape index (κ3) is 5.76. The van der Waals surface area contributed by atoms with Gasteiger partial charge < -0.3 is 14.2 Å². The summed E-state index contributed by atoms with van der Waals surface area (Å²) in [7, 11) is 1.57. The molecule has 0 aliphatic heterocycles. The Morgan fingerprint density at radius 1 is 1.08 bits per heavy atom. The van der Waals surface area contributed by atoms with Crippen LogP contribution in [0.5, 0.6) is 17.2 Å². The third-order valence-corrected chi connectivity index (χ3v) is 6.36. The molecule has 0 amide bonds. The van der Waals surface area contributed by atoms with Gasteiger partial charge in [-0.1, -0.05) is 29.8 Å². The first-order chi connectivity index (χ1) is 17.7. The minimum Gasteiger partial charge on any atom is -0.496 e. The van der Waals surface area contributed by atoms with Gasteiger partial charge in [0.05, 0.1) is 17.3 Å². The van der Waals surface area contributed by atoms with E-state index in [1.54, 1.807) is 75.6 Å². The molecule has 37 heavy (non-hydrogen) atoms.